The molecule has 3 rings (SSSR count). The quantitative estimate of drug-likeness (QED) is 0.718. The molecule has 1 aromatic heterocycles. The fourth-order valence-electron chi connectivity index (χ4n) is 2.64. The van der Waals surface area contributed by atoms with Crippen LogP contribution in [0.2, 0.25) is 0 Å². The summed E-state index contributed by atoms with van der Waals surface area (Å²) in [5.41, 5.74) is 1.15. The number of nitrogens with zero attached hydrogens (tertiary/aromatic N) is 2. The summed E-state index contributed by atoms with van der Waals surface area (Å²) in [6, 6.07) is 14.4. The van der Waals surface area contributed by atoms with Crippen molar-refractivity contribution >= 4 is 5.91 Å². The summed E-state index contributed by atoms with van der Waals surface area (Å²) in [7, 11) is 1.51. The third kappa shape index (κ3) is 4.33. The maximum absolute atomic E-state index is 13.2. The predicted octanol–water partition coefficient (Wildman–Crippen LogP) is 4.02. The molecule has 145 valence electrons. The number of rotatable bonds is 5. The Balaban J connectivity index is 2.01. The standard InChI is InChI=1S/C20H17F3N3O2/c1-13(27)24-12-14-3-5-15(6-4-14)18-11-19(20(21,22)23)25-26(18)16-7-9-17(28-2)10-8-16/h3-11H,1,12H2,2H3,(H,24,27). The first-order chi connectivity index (χ1) is 13.3. The van der Waals surface area contributed by atoms with Gasteiger partial charge in [-0.3, -0.25) is 4.79 Å². The van der Waals surface area contributed by atoms with Gasteiger partial charge in [-0.2, -0.15) is 18.3 Å². The van der Waals surface area contributed by atoms with Crippen LogP contribution in [0.3, 0.4) is 0 Å². The van der Waals surface area contributed by atoms with Crippen LogP contribution in [0, 0.1) is 6.92 Å². The zero-order valence-corrected chi connectivity index (χ0v) is 15.0. The van der Waals surface area contributed by atoms with Crippen molar-refractivity contribution in [2.75, 3.05) is 7.11 Å². The predicted molar refractivity (Wildman–Crippen MR) is 97.8 cm³/mol. The van der Waals surface area contributed by atoms with Crippen molar-refractivity contribution < 1.29 is 22.7 Å². The van der Waals surface area contributed by atoms with Crippen molar-refractivity contribution in [2.45, 2.75) is 12.7 Å². The number of ether oxygens (including phenoxy) is 1. The van der Waals surface area contributed by atoms with Crippen LogP contribution in [0.5, 0.6) is 5.75 Å². The lowest BCUT2D eigenvalue weighted by Crippen LogP contribution is -2.19. The lowest BCUT2D eigenvalue weighted by atomic mass is 10.1. The first kappa shape index (κ1) is 19.5. The molecule has 0 saturated heterocycles. The molecule has 0 aliphatic rings. The van der Waals surface area contributed by atoms with Gasteiger partial charge in [-0.25, -0.2) is 4.68 Å². The second-order valence-corrected chi connectivity index (χ2v) is 6.00. The molecule has 0 atom stereocenters. The molecule has 1 heterocycles. The number of halogens is 3. The second-order valence-electron chi connectivity index (χ2n) is 6.00. The van der Waals surface area contributed by atoms with E-state index in [2.05, 4.69) is 17.3 Å². The van der Waals surface area contributed by atoms with Crippen LogP contribution in [0.4, 0.5) is 13.2 Å². The summed E-state index contributed by atoms with van der Waals surface area (Å²) >= 11 is 0. The zero-order chi connectivity index (χ0) is 20.3. The van der Waals surface area contributed by atoms with Crippen LogP contribution in [0.1, 0.15) is 11.3 Å². The SMILES string of the molecule is [CH2]C(=O)NCc1ccc(-c2cc(C(F)(F)F)nn2-c2ccc(OC)cc2)cc1. The average Bonchev–Trinajstić information content (AvgIpc) is 3.13. The summed E-state index contributed by atoms with van der Waals surface area (Å²) in [5, 5.41) is 6.32. The molecule has 0 aliphatic heterocycles. The Morgan fingerprint density at radius 2 is 1.79 bits per heavy atom. The summed E-state index contributed by atoms with van der Waals surface area (Å²) < 4.78 is 46.0. The van der Waals surface area contributed by atoms with Crippen molar-refractivity contribution in [3.05, 3.63) is 72.8 Å². The molecule has 0 fully saturated rings. The fourth-order valence-corrected chi connectivity index (χ4v) is 2.64. The van der Waals surface area contributed by atoms with Gasteiger partial charge in [0.1, 0.15) is 5.75 Å². The van der Waals surface area contributed by atoms with E-state index in [1.165, 1.54) is 11.8 Å². The topological polar surface area (TPSA) is 56.2 Å². The Kier molecular flexibility index (Phi) is 5.39. The van der Waals surface area contributed by atoms with Crippen molar-refractivity contribution in [1.82, 2.24) is 15.1 Å². The lowest BCUT2D eigenvalue weighted by molar-refractivity contribution is -0.141. The first-order valence-electron chi connectivity index (χ1n) is 8.29. The minimum absolute atomic E-state index is 0.286. The Labute approximate surface area is 159 Å². The molecule has 8 heteroatoms. The van der Waals surface area contributed by atoms with Crippen LogP contribution in [0.15, 0.2) is 54.6 Å². The van der Waals surface area contributed by atoms with Crippen molar-refractivity contribution in [3.8, 4) is 22.7 Å². The highest BCUT2D eigenvalue weighted by atomic mass is 19.4. The number of benzene rings is 2. The minimum Gasteiger partial charge on any atom is -0.497 e. The van der Waals surface area contributed by atoms with E-state index in [9.17, 15) is 18.0 Å². The normalized spacial score (nSPS) is 11.3. The van der Waals surface area contributed by atoms with Gasteiger partial charge < -0.3 is 10.1 Å². The molecule has 1 radical (unpaired) electrons. The van der Waals surface area contributed by atoms with Crippen molar-refractivity contribution in [3.63, 3.8) is 0 Å². The van der Waals surface area contributed by atoms with Crippen molar-refractivity contribution in [1.29, 1.82) is 0 Å². The van der Waals surface area contributed by atoms with Crippen LogP contribution in [-0.4, -0.2) is 22.8 Å². The van der Waals surface area contributed by atoms with E-state index in [0.717, 1.165) is 11.6 Å². The van der Waals surface area contributed by atoms with Gasteiger partial charge in [0.25, 0.3) is 0 Å². The Morgan fingerprint density at radius 3 is 2.32 bits per heavy atom. The third-order valence-electron chi connectivity index (χ3n) is 4.06. The molecule has 0 saturated carbocycles. The van der Waals surface area contributed by atoms with Gasteiger partial charge in [0.15, 0.2) is 5.69 Å². The molecule has 3 aromatic rings. The number of carbonyl (C=O) groups is 1. The number of alkyl halides is 3. The van der Waals surface area contributed by atoms with E-state index in [0.29, 0.717) is 22.7 Å². The van der Waals surface area contributed by atoms with Gasteiger partial charge in [0.2, 0.25) is 5.91 Å². The van der Waals surface area contributed by atoms with Crippen LogP contribution in [-0.2, 0) is 17.5 Å². The molecule has 0 bridgehead atoms. The van der Waals surface area contributed by atoms with Crippen LogP contribution in [0.25, 0.3) is 16.9 Å². The molecule has 0 spiro atoms. The van der Waals surface area contributed by atoms with Gasteiger partial charge in [-0.1, -0.05) is 24.3 Å². The van der Waals surface area contributed by atoms with E-state index >= 15 is 0 Å². The maximum Gasteiger partial charge on any atom is 0.435 e. The second kappa shape index (κ2) is 7.75. The van der Waals surface area contributed by atoms with Crippen LogP contribution >= 0.6 is 0 Å². The summed E-state index contributed by atoms with van der Waals surface area (Å²) in [4.78, 5) is 10.9. The number of aromatic nitrogens is 2. The number of carbonyl (C=O) groups excluding carboxylic acids is 1. The highest BCUT2D eigenvalue weighted by Crippen LogP contribution is 2.33. The van der Waals surface area contributed by atoms with E-state index in [1.807, 2.05) is 0 Å². The lowest BCUT2D eigenvalue weighted by Gasteiger charge is -2.09. The zero-order valence-electron chi connectivity index (χ0n) is 15.0. The van der Waals surface area contributed by atoms with E-state index in [4.69, 9.17) is 4.74 Å². The highest BCUT2D eigenvalue weighted by molar-refractivity contribution is 5.80. The number of hydrogen-bond donors (Lipinski definition) is 1. The number of amides is 1. The first-order valence-corrected chi connectivity index (χ1v) is 8.29. The van der Waals surface area contributed by atoms with Gasteiger partial charge in [-0.15, -0.1) is 0 Å². The summed E-state index contributed by atoms with van der Waals surface area (Å²) in [5.74, 6) is 0.182. The molecule has 28 heavy (non-hydrogen) atoms. The molecule has 2 aromatic carbocycles. The summed E-state index contributed by atoms with van der Waals surface area (Å²) in [6.45, 7) is 3.51. The largest absolute Gasteiger partial charge is 0.497 e. The molecule has 5 nitrogen and oxygen atoms in total. The number of methoxy groups -OCH3 is 1. The number of nitrogens with one attached hydrogen (secondary N) is 1. The monoisotopic (exact) mass is 388 g/mol. The maximum atomic E-state index is 13.2. The minimum atomic E-state index is -4.56. The Bertz CT molecular complexity index is 962. The summed E-state index contributed by atoms with van der Waals surface area (Å²) in [6.07, 6.45) is -4.56. The fraction of sp³-hybridized carbons (Fsp3) is 0.150. The van der Waals surface area contributed by atoms with E-state index < -0.39 is 17.8 Å². The molecule has 0 aliphatic carbocycles. The Hall–Kier alpha value is -3.29. The number of hydrogen-bond acceptors (Lipinski definition) is 3. The van der Waals surface area contributed by atoms with Gasteiger partial charge >= 0.3 is 6.18 Å². The van der Waals surface area contributed by atoms with Crippen molar-refractivity contribution in [2.24, 2.45) is 0 Å². The van der Waals surface area contributed by atoms with E-state index in [-0.39, 0.29) is 6.54 Å². The third-order valence-corrected chi connectivity index (χ3v) is 4.06. The molecule has 1 amide bonds. The molecular weight excluding hydrogens is 371 g/mol. The Morgan fingerprint density at radius 1 is 1.14 bits per heavy atom. The average molecular weight is 388 g/mol. The smallest absolute Gasteiger partial charge is 0.435 e. The van der Waals surface area contributed by atoms with Gasteiger partial charge in [0, 0.05) is 19.0 Å². The highest BCUT2D eigenvalue weighted by Gasteiger charge is 2.35. The van der Waals surface area contributed by atoms with Crippen LogP contribution < -0.4 is 10.1 Å². The van der Waals surface area contributed by atoms with Gasteiger partial charge in [0.05, 0.1) is 18.5 Å². The van der Waals surface area contributed by atoms with Gasteiger partial charge in [-0.05, 0) is 35.9 Å². The molecule has 1 N–H and O–H groups in total. The van der Waals surface area contributed by atoms with E-state index in [1.54, 1.807) is 48.5 Å². The molecule has 0 unspecified atom stereocenters. The molecular formula is C20H17F3N3O2.